The fourth-order valence-electron chi connectivity index (χ4n) is 1.92. The van der Waals surface area contributed by atoms with Crippen LogP contribution in [0.15, 0.2) is 18.3 Å². The first-order chi connectivity index (χ1) is 9.29. The van der Waals surface area contributed by atoms with E-state index in [2.05, 4.69) is 20.5 Å². The van der Waals surface area contributed by atoms with Crippen molar-refractivity contribution in [2.75, 3.05) is 44.8 Å². The van der Waals surface area contributed by atoms with Gasteiger partial charge in [-0.1, -0.05) is 6.07 Å². The number of pyridine rings is 1. The number of rotatable bonds is 5. The molecule has 104 valence electrons. The molecular formula is C13H20N4O2. The summed E-state index contributed by atoms with van der Waals surface area (Å²) in [5, 5.41) is 5.63. The molecular weight excluding hydrogens is 244 g/mol. The van der Waals surface area contributed by atoms with Gasteiger partial charge in [0.25, 0.3) is 0 Å². The van der Waals surface area contributed by atoms with E-state index < -0.39 is 0 Å². The van der Waals surface area contributed by atoms with Gasteiger partial charge in [-0.15, -0.1) is 0 Å². The number of aromatic nitrogens is 1. The molecule has 1 aliphatic rings. The predicted octanol–water partition coefficient (Wildman–Crippen LogP) is -0.246. The molecule has 0 bridgehead atoms. The molecule has 0 aromatic carbocycles. The minimum atomic E-state index is -0.0141. The second kappa shape index (κ2) is 7.06. The fraction of sp³-hybridized carbons (Fsp3) is 0.538. The summed E-state index contributed by atoms with van der Waals surface area (Å²) in [6.45, 7) is 4.11. The number of ether oxygens (including phenoxy) is 1. The van der Waals surface area contributed by atoms with E-state index in [0.717, 1.165) is 37.7 Å². The zero-order valence-corrected chi connectivity index (χ0v) is 11.2. The summed E-state index contributed by atoms with van der Waals surface area (Å²) in [7, 11) is 1.75. The Bertz CT molecular complexity index is 402. The highest BCUT2D eigenvalue weighted by Crippen LogP contribution is 2.12. The molecule has 2 heterocycles. The molecule has 0 spiro atoms. The highest BCUT2D eigenvalue weighted by atomic mass is 16.5. The van der Waals surface area contributed by atoms with E-state index in [9.17, 15) is 4.79 Å². The van der Waals surface area contributed by atoms with Crippen LogP contribution < -0.4 is 15.5 Å². The quantitative estimate of drug-likeness (QED) is 0.768. The maximum atomic E-state index is 11.3. The van der Waals surface area contributed by atoms with E-state index in [4.69, 9.17) is 4.74 Å². The van der Waals surface area contributed by atoms with Crippen molar-refractivity contribution < 1.29 is 9.53 Å². The molecule has 0 unspecified atom stereocenters. The first-order valence-corrected chi connectivity index (χ1v) is 6.48. The Kier molecular flexibility index (Phi) is 5.11. The number of carbonyl (C=O) groups is 1. The number of nitrogens with one attached hydrogen (secondary N) is 2. The van der Waals surface area contributed by atoms with Crippen molar-refractivity contribution in [2.45, 2.75) is 6.54 Å². The van der Waals surface area contributed by atoms with E-state index in [1.54, 1.807) is 7.05 Å². The van der Waals surface area contributed by atoms with Crippen LogP contribution in [0.5, 0.6) is 0 Å². The molecule has 2 N–H and O–H groups in total. The summed E-state index contributed by atoms with van der Waals surface area (Å²) < 4.78 is 5.31. The van der Waals surface area contributed by atoms with Gasteiger partial charge in [0.05, 0.1) is 19.8 Å². The van der Waals surface area contributed by atoms with Crippen molar-refractivity contribution >= 4 is 11.7 Å². The Morgan fingerprint density at radius 3 is 2.84 bits per heavy atom. The molecule has 0 aliphatic carbocycles. The summed E-state index contributed by atoms with van der Waals surface area (Å²) in [6.07, 6.45) is 1.81. The number of likely N-dealkylation sites (N-methyl/N-ethyl adjacent to an activating group) is 1. The van der Waals surface area contributed by atoms with Crippen LogP contribution in [-0.2, 0) is 16.1 Å². The molecule has 19 heavy (non-hydrogen) atoms. The van der Waals surface area contributed by atoms with Gasteiger partial charge in [0.15, 0.2) is 0 Å². The van der Waals surface area contributed by atoms with Crippen molar-refractivity contribution in [1.29, 1.82) is 0 Å². The first kappa shape index (κ1) is 13.8. The minimum absolute atomic E-state index is 0.0141. The molecule has 1 saturated heterocycles. The Labute approximate surface area is 113 Å². The normalized spacial score (nSPS) is 15.3. The summed E-state index contributed by atoms with van der Waals surface area (Å²) in [4.78, 5) is 17.9. The number of hydrogen-bond acceptors (Lipinski definition) is 5. The third kappa shape index (κ3) is 4.18. The topological polar surface area (TPSA) is 66.5 Å². The number of morpholine rings is 1. The van der Waals surface area contributed by atoms with Gasteiger partial charge in [0.2, 0.25) is 5.91 Å². The minimum Gasteiger partial charge on any atom is -0.378 e. The molecule has 1 fully saturated rings. The van der Waals surface area contributed by atoms with Gasteiger partial charge in [-0.25, -0.2) is 4.98 Å². The largest absolute Gasteiger partial charge is 0.378 e. The molecule has 1 amide bonds. The van der Waals surface area contributed by atoms with Gasteiger partial charge in [-0.2, -0.15) is 0 Å². The Balaban J connectivity index is 1.85. The zero-order valence-electron chi connectivity index (χ0n) is 11.2. The van der Waals surface area contributed by atoms with Crippen LogP contribution in [0, 0.1) is 0 Å². The van der Waals surface area contributed by atoms with Crippen LogP contribution in [0.2, 0.25) is 0 Å². The molecule has 0 saturated carbocycles. The van der Waals surface area contributed by atoms with Crippen molar-refractivity contribution in [3.05, 3.63) is 23.9 Å². The van der Waals surface area contributed by atoms with Crippen LogP contribution in [0.25, 0.3) is 0 Å². The molecule has 6 nitrogen and oxygen atoms in total. The molecule has 0 radical (unpaired) electrons. The molecule has 1 aromatic rings. The lowest BCUT2D eigenvalue weighted by Crippen LogP contribution is -2.36. The van der Waals surface area contributed by atoms with Gasteiger partial charge < -0.3 is 20.3 Å². The van der Waals surface area contributed by atoms with Crippen LogP contribution in [0.1, 0.15) is 5.56 Å². The zero-order chi connectivity index (χ0) is 13.5. The number of anilines is 1. The lowest BCUT2D eigenvalue weighted by molar-refractivity contribution is -0.120. The summed E-state index contributed by atoms with van der Waals surface area (Å²) >= 11 is 0. The maximum absolute atomic E-state index is 11.3. The lowest BCUT2D eigenvalue weighted by Gasteiger charge is -2.27. The Morgan fingerprint density at radius 1 is 1.42 bits per heavy atom. The maximum Gasteiger partial charge on any atom is 0.234 e. The van der Waals surface area contributed by atoms with Gasteiger partial charge in [0.1, 0.15) is 5.82 Å². The smallest absolute Gasteiger partial charge is 0.234 e. The summed E-state index contributed by atoms with van der Waals surface area (Å²) in [6, 6.07) is 3.99. The van der Waals surface area contributed by atoms with Crippen LogP contribution in [0.3, 0.4) is 0 Å². The van der Waals surface area contributed by atoms with Gasteiger partial charge in [0, 0.05) is 25.8 Å². The van der Waals surface area contributed by atoms with Gasteiger partial charge in [-0.3, -0.25) is 4.79 Å². The third-order valence-corrected chi connectivity index (χ3v) is 2.97. The first-order valence-electron chi connectivity index (χ1n) is 6.48. The van der Waals surface area contributed by atoms with Gasteiger partial charge >= 0.3 is 0 Å². The summed E-state index contributed by atoms with van der Waals surface area (Å²) in [5.41, 5.74) is 1.00. The van der Waals surface area contributed by atoms with E-state index in [1.165, 1.54) is 0 Å². The fourth-order valence-corrected chi connectivity index (χ4v) is 1.92. The van der Waals surface area contributed by atoms with Crippen molar-refractivity contribution in [2.24, 2.45) is 0 Å². The van der Waals surface area contributed by atoms with E-state index in [-0.39, 0.29) is 5.91 Å². The molecule has 1 aliphatic heterocycles. The highest BCUT2D eigenvalue weighted by molar-refractivity contribution is 5.77. The van der Waals surface area contributed by atoms with E-state index in [0.29, 0.717) is 13.1 Å². The number of nitrogens with zero attached hydrogens (tertiary/aromatic N) is 2. The number of amides is 1. The average Bonchev–Trinajstić information content (AvgIpc) is 2.47. The third-order valence-electron chi connectivity index (χ3n) is 2.97. The van der Waals surface area contributed by atoms with E-state index in [1.807, 2.05) is 18.3 Å². The SMILES string of the molecule is CNCC(=O)NCc1ccc(N2CCOCC2)nc1. The van der Waals surface area contributed by atoms with Crippen LogP contribution in [0.4, 0.5) is 5.82 Å². The average molecular weight is 264 g/mol. The van der Waals surface area contributed by atoms with E-state index >= 15 is 0 Å². The highest BCUT2D eigenvalue weighted by Gasteiger charge is 2.11. The molecule has 2 rings (SSSR count). The molecule has 6 heteroatoms. The number of carbonyl (C=O) groups excluding carboxylic acids is 1. The van der Waals surface area contributed by atoms with Crippen molar-refractivity contribution in [3.8, 4) is 0 Å². The second-order valence-corrected chi connectivity index (χ2v) is 4.43. The molecule has 0 atom stereocenters. The monoisotopic (exact) mass is 264 g/mol. The Hall–Kier alpha value is -1.66. The van der Waals surface area contributed by atoms with Crippen molar-refractivity contribution in [3.63, 3.8) is 0 Å². The van der Waals surface area contributed by atoms with Gasteiger partial charge in [-0.05, 0) is 18.7 Å². The standard InChI is InChI=1S/C13H20N4O2/c1-14-10-13(18)16-9-11-2-3-12(15-8-11)17-4-6-19-7-5-17/h2-3,8,14H,4-7,9-10H2,1H3,(H,16,18). The van der Waals surface area contributed by atoms with Crippen LogP contribution in [-0.4, -0.2) is 50.8 Å². The Morgan fingerprint density at radius 2 is 2.21 bits per heavy atom. The van der Waals surface area contributed by atoms with Crippen LogP contribution >= 0.6 is 0 Å². The predicted molar refractivity (Wildman–Crippen MR) is 73.0 cm³/mol. The number of hydrogen-bond donors (Lipinski definition) is 2. The second-order valence-electron chi connectivity index (χ2n) is 4.43. The molecule has 1 aromatic heterocycles. The van der Waals surface area contributed by atoms with Crippen molar-refractivity contribution in [1.82, 2.24) is 15.6 Å². The summed E-state index contributed by atoms with van der Waals surface area (Å²) in [5.74, 6) is 0.952. The lowest BCUT2D eigenvalue weighted by atomic mass is 10.2.